The molecule has 82 valence electrons. The van der Waals surface area contributed by atoms with Gasteiger partial charge in [0.25, 0.3) is 0 Å². The van der Waals surface area contributed by atoms with Crippen LogP contribution in [0.15, 0.2) is 24.4 Å². The fraction of sp³-hybridized carbons (Fsp3) is 0.583. The molecule has 0 aromatic carbocycles. The minimum atomic E-state index is -0.0592. The largest absolute Gasteiger partial charge is 0.393 e. The van der Waals surface area contributed by atoms with Crippen molar-refractivity contribution in [2.45, 2.75) is 31.8 Å². The molecule has 1 heterocycles. The summed E-state index contributed by atoms with van der Waals surface area (Å²) in [4.78, 5) is 4.22. The number of nitrogens with one attached hydrogen (secondary N) is 1. The third kappa shape index (κ3) is 3.20. The lowest BCUT2D eigenvalue weighted by Gasteiger charge is -2.25. The molecule has 0 aliphatic heterocycles. The van der Waals surface area contributed by atoms with Crippen molar-refractivity contribution in [1.82, 2.24) is 4.98 Å². The summed E-state index contributed by atoms with van der Waals surface area (Å²) < 4.78 is 0. The van der Waals surface area contributed by atoms with Crippen molar-refractivity contribution in [2.24, 2.45) is 5.92 Å². The molecule has 0 amide bonds. The Morgan fingerprint density at radius 3 is 2.73 bits per heavy atom. The standard InChI is InChI=1S/C12H18N2O/c15-11-6-4-10(5-7-11)9-14-12-3-1-2-8-13-12/h1-3,8,10-11,15H,4-7,9H2,(H,13,14). The van der Waals surface area contributed by atoms with E-state index >= 15 is 0 Å². The van der Waals surface area contributed by atoms with E-state index in [0.29, 0.717) is 5.92 Å². The van der Waals surface area contributed by atoms with Gasteiger partial charge in [-0.2, -0.15) is 0 Å². The molecule has 15 heavy (non-hydrogen) atoms. The predicted octanol–water partition coefficient (Wildman–Crippen LogP) is 2.04. The van der Waals surface area contributed by atoms with Crippen LogP contribution in [0.3, 0.4) is 0 Å². The van der Waals surface area contributed by atoms with E-state index in [4.69, 9.17) is 0 Å². The topological polar surface area (TPSA) is 45.1 Å². The van der Waals surface area contributed by atoms with E-state index in [9.17, 15) is 5.11 Å². The second kappa shape index (κ2) is 5.12. The van der Waals surface area contributed by atoms with Gasteiger partial charge in [0.05, 0.1) is 6.10 Å². The van der Waals surface area contributed by atoms with Gasteiger partial charge >= 0.3 is 0 Å². The number of rotatable bonds is 3. The second-order valence-electron chi connectivity index (χ2n) is 4.27. The summed E-state index contributed by atoms with van der Waals surface area (Å²) in [7, 11) is 0. The Balaban J connectivity index is 1.74. The van der Waals surface area contributed by atoms with Crippen molar-refractivity contribution in [3.63, 3.8) is 0 Å². The highest BCUT2D eigenvalue weighted by Gasteiger charge is 2.18. The highest BCUT2D eigenvalue weighted by atomic mass is 16.3. The molecule has 0 bridgehead atoms. The maximum atomic E-state index is 9.38. The molecule has 0 unspecified atom stereocenters. The zero-order valence-electron chi connectivity index (χ0n) is 8.89. The molecule has 1 aliphatic rings. The molecule has 3 heteroatoms. The highest BCUT2D eigenvalue weighted by molar-refractivity contribution is 5.32. The van der Waals surface area contributed by atoms with Crippen LogP contribution >= 0.6 is 0 Å². The third-order valence-electron chi connectivity index (χ3n) is 3.05. The van der Waals surface area contributed by atoms with Gasteiger partial charge in [0, 0.05) is 12.7 Å². The molecule has 1 fully saturated rings. The van der Waals surface area contributed by atoms with Crippen LogP contribution < -0.4 is 5.32 Å². The first kappa shape index (κ1) is 10.4. The Morgan fingerprint density at radius 1 is 1.27 bits per heavy atom. The van der Waals surface area contributed by atoms with Crippen LogP contribution in [0.5, 0.6) is 0 Å². The number of hydrogen-bond acceptors (Lipinski definition) is 3. The summed E-state index contributed by atoms with van der Waals surface area (Å²) >= 11 is 0. The summed E-state index contributed by atoms with van der Waals surface area (Å²) in [6.45, 7) is 0.976. The van der Waals surface area contributed by atoms with E-state index < -0.39 is 0 Å². The molecular weight excluding hydrogens is 188 g/mol. The van der Waals surface area contributed by atoms with Gasteiger partial charge in [-0.15, -0.1) is 0 Å². The van der Waals surface area contributed by atoms with E-state index in [-0.39, 0.29) is 6.10 Å². The van der Waals surface area contributed by atoms with Gasteiger partial charge in [0.1, 0.15) is 5.82 Å². The number of hydrogen-bond donors (Lipinski definition) is 2. The molecular formula is C12H18N2O. The maximum Gasteiger partial charge on any atom is 0.125 e. The van der Waals surface area contributed by atoms with E-state index in [0.717, 1.165) is 38.0 Å². The average Bonchev–Trinajstić information content (AvgIpc) is 2.30. The molecule has 0 saturated heterocycles. The van der Waals surface area contributed by atoms with Gasteiger partial charge in [-0.3, -0.25) is 0 Å². The first-order valence-electron chi connectivity index (χ1n) is 5.67. The van der Waals surface area contributed by atoms with Crippen LogP contribution in [0, 0.1) is 5.92 Å². The highest BCUT2D eigenvalue weighted by Crippen LogP contribution is 2.24. The van der Waals surface area contributed by atoms with E-state index in [2.05, 4.69) is 10.3 Å². The number of nitrogens with zero attached hydrogens (tertiary/aromatic N) is 1. The monoisotopic (exact) mass is 206 g/mol. The maximum absolute atomic E-state index is 9.38. The first-order chi connectivity index (χ1) is 7.34. The number of aliphatic hydroxyl groups excluding tert-OH is 1. The molecule has 2 rings (SSSR count). The Kier molecular flexibility index (Phi) is 3.56. The lowest BCUT2D eigenvalue weighted by Crippen LogP contribution is -2.23. The van der Waals surface area contributed by atoms with E-state index in [1.165, 1.54) is 0 Å². The van der Waals surface area contributed by atoms with Gasteiger partial charge in [0.15, 0.2) is 0 Å². The lowest BCUT2D eigenvalue weighted by molar-refractivity contribution is 0.111. The third-order valence-corrected chi connectivity index (χ3v) is 3.05. The van der Waals surface area contributed by atoms with Crippen molar-refractivity contribution in [1.29, 1.82) is 0 Å². The molecule has 1 saturated carbocycles. The molecule has 0 radical (unpaired) electrons. The van der Waals surface area contributed by atoms with Crippen LogP contribution in [0.2, 0.25) is 0 Å². The predicted molar refractivity (Wildman–Crippen MR) is 60.7 cm³/mol. The van der Waals surface area contributed by atoms with E-state index in [1.807, 2.05) is 18.2 Å². The van der Waals surface area contributed by atoms with Crippen molar-refractivity contribution in [2.75, 3.05) is 11.9 Å². The molecule has 1 aromatic rings. The number of anilines is 1. The van der Waals surface area contributed by atoms with Gasteiger partial charge in [0.2, 0.25) is 0 Å². The van der Waals surface area contributed by atoms with Crippen LogP contribution in [0.1, 0.15) is 25.7 Å². The second-order valence-corrected chi connectivity index (χ2v) is 4.27. The van der Waals surface area contributed by atoms with Gasteiger partial charge in [-0.1, -0.05) is 6.07 Å². The number of pyridine rings is 1. The summed E-state index contributed by atoms with van der Waals surface area (Å²) in [5, 5.41) is 12.7. The molecule has 0 spiro atoms. The number of aromatic nitrogens is 1. The van der Waals surface area contributed by atoms with Crippen molar-refractivity contribution in [3.8, 4) is 0 Å². The van der Waals surface area contributed by atoms with E-state index in [1.54, 1.807) is 6.20 Å². The minimum absolute atomic E-state index is 0.0592. The average molecular weight is 206 g/mol. The van der Waals surface area contributed by atoms with Crippen LogP contribution in [0.25, 0.3) is 0 Å². The molecule has 1 aromatic heterocycles. The Labute approximate surface area is 90.5 Å². The van der Waals surface area contributed by atoms with Crippen LogP contribution in [-0.2, 0) is 0 Å². The van der Waals surface area contributed by atoms with Crippen molar-refractivity contribution >= 4 is 5.82 Å². The van der Waals surface area contributed by atoms with Gasteiger partial charge in [-0.05, 0) is 43.7 Å². The summed E-state index contributed by atoms with van der Waals surface area (Å²) in [6, 6.07) is 5.89. The lowest BCUT2D eigenvalue weighted by atomic mass is 9.87. The normalized spacial score (nSPS) is 26.2. The molecule has 2 N–H and O–H groups in total. The Bertz CT molecular complexity index is 281. The molecule has 0 atom stereocenters. The zero-order chi connectivity index (χ0) is 10.5. The fourth-order valence-electron chi connectivity index (χ4n) is 2.07. The molecule has 1 aliphatic carbocycles. The summed E-state index contributed by atoms with van der Waals surface area (Å²) in [5.74, 6) is 1.64. The zero-order valence-corrected chi connectivity index (χ0v) is 8.89. The fourth-order valence-corrected chi connectivity index (χ4v) is 2.07. The SMILES string of the molecule is OC1CCC(CNc2ccccn2)CC1. The number of aliphatic hydroxyl groups is 1. The van der Waals surface area contributed by atoms with Crippen LogP contribution in [-0.4, -0.2) is 22.7 Å². The quantitative estimate of drug-likeness (QED) is 0.795. The van der Waals surface area contributed by atoms with Crippen molar-refractivity contribution < 1.29 is 5.11 Å². The van der Waals surface area contributed by atoms with Crippen LogP contribution in [0.4, 0.5) is 5.82 Å². The van der Waals surface area contributed by atoms with Gasteiger partial charge in [-0.25, -0.2) is 4.98 Å². The Morgan fingerprint density at radius 2 is 2.07 bits per heavy atom. The van der Waals surface area contributed by atoms with Crippen molar-refractivity contribution in [3.05, 3.63) is 24.4 Å². The summed E-state index contributed by atoms with van der Waals surface area (Å²) in [6.07, 6.45) is 5.90. The summed E-state index contributed by atoms with van der Waals surface area (Å²) in [5.41, 5.74) is 0. The van der Waals surface area contributed by atoms with Gasteiger partial charge < -0.3 is 10.4 Å². The smallest absolute Gasteiger partial charge is 0.125 e. The minimum Gasteiger partial charge on any atom is -0.393 e. The molecule has 3 nitrogen and oxygen atoms in total. The Hall–Kier alpha value is -1.09. The first-order valence-corrected chi connectivity index (χ1v) is 5.67.